The third-order valence-corrected chi connectivity index (χ3v) is 3.97. The molecule has 0 saturated carbocycles. The van der Waals surface area contributed by atoms with Crippen LogP contribution >= 0.6 is 15.9 Å². The van der Waals surface area contributed by atoms with E-state index in [0.29, 0.717) is 0 Å². The van der Waals surface area contributed by atoms with Crippen molar-refractivity contribution in [1.29, 1.82) is 0 Å². The summed E-state index contributed by atoms with van der Waals surface area (Å²) in [7, 11) is 1.57. The number of ether oxygens (including phenoxy) is 2. The first-order valence-electron chi connectivity index (χ1n) is 7.05. The summed E-state index contributed by atoms with van der Waals surface area (Å²) in [6, 6.07) is 13.1. The van der Waals surface area contributed by atoms with Crippen LogP contribution in [0.5, 0.6) is 5.75 Å². The van der Waals surface area contributed by atoms with E-state index in [2.05, 4.69) is 21.2 Å². The first-order chi connectivity index (χ1) is 11.1. The number of hydrogen-bond acceptors (Lipinski definition) is 3. The van der Waals surface area contributed by atoms with E-state index in [1.807, 2.05) is 49.4 Å². The molecule has 0 aliphatic rings. The molecule has 0 unspecified atom stereocenters. The summed E-state index contributed by atoms with van der Waals surface area (Å²) in [5, 5.41) is 2.83. The number of halogens is 1. The summed E-state index contributed by atoms with van der Waals surface area (Å²) in [5.74, 6) is 0.547. The number of methoxy groups -OCH3 is 1. The lowest BCUT2D eigenvalue weighted by Gasteiger charge is -2.05. The molecule has 120 valence electrons. The zero-order chi connectivity index (χ0) is 16.7. The average Bonchev–Trinajstić information content (AvgIpc) is 2.55. The second-order valence-electron chi connectivity index (χ2n) is 4.91. The van der Waals surface area contributed by atoms with Crippen molar-refractivity contribution in [2.24, 2.45) is 0 Å². The minimum atomic E-state index is -0.175. The van der Waals surface area contributed by atoms with Gasteiger partial charge in [0.05, 0.1) is 0 Å². The number of carbonyl (C=O) groups is 1. The Morgan fingerprint density at radius 1 is 1.22 bits per heavy atom. The van der Waals surface area contributed by atoms with Gasteiger partial charge in [0.25, 0.3) is 0 Å². The molecule has 1 N–H and O–H groups in total. The van der Waals surface area contributed by atoms with Gasteiger partial charge in [0.15, 0.2) is 6.79 Å². The zero-order valence-corrected chi connectivity index (χ0v) is 14.6. The second-order valence-corrected chi connectivity index (χ2v) is 5.76. The molecule has 1 amide bonds. The van der Waals surface area contributed by atoms with E-state index in [0.717, 1.165) is 27.0 Å². The first kappa shape index (κ1) is 17.2. The SMILES string of the molecule is COCOc1ccc(/C=C/C(=O)Nc2ccc(Br)c(C)c2)cc1. The van der Waals surface area contributed by atoms with Crippen molar-refractivity contribution >= 4 is 33.6 Å². The van der Waals surface area contributed by atoms with Crippen molar-refractivity contribution in [2.45, 2.75) is 6.92 Å². The fourth-order valence-electron chi connectivity index (χ4n) is 1.88. The topological polar surface area (TPSA) is 47.6 Å². The van der Waals surface area contributed by atoms with Crippen LogP contribution in [0.4, 0.5) is 5.69 Å². The fourth-order valence-corrected chi connectivity index (χ4v) is 2.13. The predicted molar refractivity (Wildman–Crippen MR) is 95.5 cm³/mol. The van der Waals surface area contributed by atoms with E-state index < -0.39 is 0 Å². The van der Waals surface area contributed by atoms with Gasteiger partial charge in [0.2, 0.25) is 5.91 Å². The lowest BCUT2D eigenvalue weighted by Crippen LogP contribution is -2.07. The molecule has 0 aromatic heterocycles. The van der Waals surface area contributed by atoms with E-state index in [4.69, 9.17) is 9.47 Å². The molecule has 0 aliphatic carbocycles. The van der Waals surface area contributed by atoms with Gasteiger partial charge < -0.3 is 14.8 Å². The summed E-state index contributed by atoms with van der Waals surface area (Å²) < 4.78 is 11.2. The van der Waals surface area contributed by atoms with Crippen molar-refractivity contribution in [3.8, 4) is 5.75 Å². The number of rotatable bonds is 6. The highest BCUT2D eigenvalue weighted by molar-refractivity contribution is 9.10. The maximum absolute atomic E-state index is 11.9. The minimum absolute atomic E-state index is 0.175. The summed E-state index contributed by atoms with van der Waals surface area (Å²) in [4.78, 5) is 11.9. The molecule has 2 aromatic carbocycles. The van der Waals surface area contributed by atoms with Crippen LogP contribution in [0.25, 0.3) is 6.08 Å². The molecule has 0 bridgehead atoms. The van der Waals surface area contributed by atoms with Gasteiger partial charge in [-0.1, -0.05) is 28.1 Å². The minimum Gasteiger partial charge on any atom is -0.468 e. The Morgan fingerprint density at radius 3 is 2.61 bits per heavy atom. The Balaban J connectivity index is 1.93. The van der Waals surface area contributed by atoms with Crippen molar-refractivity contribution in [3.05, 3.63) is 64.1 Å². The molecule has 4 nitrogen and oxygen atoms in total. The van der Waals surface area contributed by atoms with Crippen molar-refractivity contribution in [2.75, 3.05) is 19.2 Å². The fraction of sp³-hybridized carbons (Fsp3) is 0.167. The molecule has 0 fully saturated rings. The third kappa shape index (κ3) is 5.54. The van der Waals surface area contributed by atoms with Gasteiger partial charge in [0.1, 0.15) is 5.75 Å². The van der Waals surface area contributed by atoms with Gasteiger partial charge in [-0.25, -0.2) is 0 Å². The van der Waals surface area contributed by atoms with Crippen LogP contribution in [0.3, 0.4) is 0 Å². The number of anilines is 1. The number of amides is 1. The van der Waals surface area contributed by atoms with Crippen molar-refractivity contribution < 1.29 is 14.3 Å². The normalized spacial score (nSPS) is 10.7. The molecule has 0 radical (unpaired) electrons. The summed E-state index contributed by atoms with van der Waals surface area (Å²) >= 11 is 3.43. The molecule has 0 atom stereocenters. The number of carbonyl (C=O) groups excluding carboxylic acids is 1. The lowest BCUT2D eigenvalue weighted by molar-refractivity contribution is -0.111. The molecular formula is C18H18BrNO3. The third-order valence-electron chi connectivity index (χ3n) is 3.08. The highest BCUT2D eigenvalue weighted by Gasteiger charge is 2.00. The van der Waals surface area contributed by atoms with E-state index in [-0.39, 0.29) is 12.7 Å². The molecule has 5 heteroatoms. The van der Waals surface area contributed by atoms with Crippen LogP contribution in [-0.2, 0) is 9.53 Å². The Morgan fingerprint density at radius 2 is 1.96 bits per heavy atom. The number of aryl methyl sites for hydroxylation is 1. The molecule has 2 rings (SSSR count). The van der Waals surface area contributed by atoms with E-state index >= 15 is 0 Å². The van der Waals surface area contributed by atoms with Gasteiger partial charge in [-0.2, -0.15) is 0 Å². The van der Waals surface area contributed by atoms with E-state index in [9.17, 15) is 4.79 Å². The van der Waals surface area contributed by atoms with Crippen LogP contribution in [-0.4, -0.2) is 19.8 Å². The standard InChI is InChI=1S/C18H18BrNO3/c1-13-11-15(6-9-17(13)19)20-18(21)10-5-14-3-7-16(8-4-14)23-12-22-2/h3-11H,12H2,1-2H3,(H,20,21)/b10-5+. The molecule has 0 aliphatic heterocycles. The van der Waals surface area contributed by atoms with E-state index in [1.165, 1.54) is 6.08 Å². The van der Waals surface area contributed by atoms with Gasteiger partial charge in [-0.15, -0.1) is 0 Å². The summed E-state index contributed by atoms with van der Waals surface area (Å²) in [5.41, 5.74) is 2.75. The van der Waals surface area contributed by atoms with Gasteiger partial charge >= 0.3 is 0 Å². The first-order valence-corrected chi connectivity index (χ1v) is 7.85. The van der Waals surface area contributed by atoms with Crippen LogP contribution in [0.2, 0.25) is 0 Å². The Hall–Kier alpha value is -2.11. The van der Waals surface area contributed by atoms with Crippen LogP contribution in [0, 0.1) is 6.92 Å². The van der Waals surface area contributed by atoms with Crippen LogP contribution < -0.4 is 10.1 Å². The number of hydrogen-bond donors (Lipinski definition) is 1. The molecular weight excluding hydrogens is 358 g/mol. The Labute approximate surface area is 144 Å². The lowest BCUT2D eigenvalue weighted by atomic mass is 10.2. The van der Waals surface area contributed by atoms with Crippen LogP contribution in [0.15, 0.2) is 53.0 Å². The average molecular weight is 376 g/mol. The Kier molecular flexibility index (Phi) is 6.38. The molecule has 2 aromatic rings. The smallest absolute Gasteiger partial charge is 0.248 e. The van der Waals surface area contributed by atoms with Gasteiger partial charge in [-0.05, 0) is 54.5 Å². The monoisotopic (exact) mass is 375 g/mol. The van der Waals surface area contributed by atoms with Crippen molar-refractivity contribution in [3.63, 3.8) is 0 Å². The van der Waals surface area contributed by atoms with Crippen LogP contribution in [0.1, 0.15) is 11.1 Å². The quantitative estimate of drug-likeness (QED) is 0.601. The zero-order valence-electron chi connectivity index (χ0n) is 13.0. The number of benzene rings is 2. The summed E-state index contributed by atoms with van der Waals surface area (Å²) in [6.07, 6.45) is 3.25. The maximum atomic E-state index is 11.9. The van der Waals surface area contributed by atoms with Gasteiger partial charge in [0, 0.05) is 23.3 Å². The highest BCUT2D eigenvalue weighted by atomic mass is 79.9. The molecule has 0 heterocycles. The predicted octanol–water partition coefficient (Wildman–Crippen LogP) is 4.39. The molecule has 0 saturated heterocycles. The number of nitrogens with one attached hydrogen (secondary N) is 1. The highest BCUT2D eigenvalue weighted by Crippen LogP contribution is 2.20. The van der Waals surface area contributed by atoms with Gasteiger partial charge in [-0.3, -0.25) is 4.79 Å². The van der Waals surface area contributed by atoms with Crippen molar-refractivity contribution in [1.82, 2.24) is 0 Å². The second kappa shape index (κ2) is 8.50. The Bertz CT molecular complexity index is 696. The molecule has 23 heavy (non-hydrogen) atoms. The van der Waals surface area contributed by atoms with E-state index in [1.54, 1.807) is 13.2 Å². The largest absolute Gasteiger partial charge is 0.468 e. The maximum Gasteiger partial charge on any atom is 0.248 e. The summed E-state index contributed by atoms with van der Waals surface area (Å²) in [6.45, 7) is 2.19. The molecule has 0 spiro atoms.